The van der Waals surface area contributed by atoms with E-state index in [4.69, 9.17) is 0 Å². The molecule has 1 aromatic rings. The van der Waals surface area contributed by atoms with Crippen molar-refractivity contribution in [2.45, 2.75) is 19.3 Å². The summed E-state index contributed by atoms with van der Waals surface area (Å²) in [4.78, 5) is 27.7. The Balaban J connectivity index is 1.83. The number of hydrogen-bond acceptors (Lipinski definition) is 5. The third-order valence-electron chi connectivity index (χ3n) is 4.56. The van der Waals surface area contributed by atoms with Crippen LogP contribution in [0.25, 0.3) is 0 Å². The molecule has 1 aliphatic carbocycles. The minimum atomic E-state index is -0.732. The van der Waals surface area contributed by atoms with Gasteiger partial charge in [-0.15, -0.1) is 0 Å². The summed E-state index contributed by atoms with van der Waals surface area (Å²) in [7, 11) is 0. The van der Waals surface area contributed by atoms with E-state index in [0.29, 0.717) is 25.3 Å². The average molecular weight is 277 g/mol. The molecular weight excluding hydrogens is 262 g/mol. The Kier molecular flexibility index (Phi) is 2.84. The van der Waals surface area contributed by atoms with Crippen LogP contribution >= 0.6 is 0 Å². The molecule has 0 amide bonds. The summed E-state index contributed by atoms with van der Waals surface area (Å²) < 4.78 is 0. The molecular formula is C13H15N3O4. The van der Waals surface area contributed by atoms with Crippen LogP contribution in [0.2, 0.25) is 0 Å². The van der Waals surface area contributed by atoms with E-state index in [1.807, 2.05) is 4.90 Å². The molecule has 2 heterocycles. The van der Waals surface area contributed by atoms with Gasteiger partial charge in [-0.1, -0.05) is 6.42 Å². The molecule has 3 rings (SSSR count). The molecule has 2 aliphatic rings. The van der Waals surface area contributed by atoms with Crippen molar-refractivity contribution < 1.29 is 14.8 Å². The maximum absolute atomic E-state index is 11.6. The number of carboxylic acids is 1. The van der Waals surface area contributed by atoms with E-state index in [9.17, 15) is 20.0 Å². The van der Waals surface area contributed by atoms with Gasteiger partial charge < -0.3 is 10.0 Å². The smallest absolute Gasteiger partial charge is 0.311 e. The Bertz CT molecular complexity index is 559. The van der Waals surface area contributed by atoms with Gasteiger partial charge in [0.05, 0.1) is 10.3 Å². The van der Waals surface area contributed by atoms with Crippen molar-refractivity contribution in [1.29, 1.82) is 0 Å². The van der Waals surface area contributed by atoms with E-state index in [-0.39, 0.29) is 11.6 Å². The maximum Gasteiger partial charge on any atom is 0.311 e. The van der Waals surface area contributed by atoms with Crippen molar-refractivity contribution in [1.82, 2.24) is 4.98 Å². The number of nitrogens with zero attached hydrogens (tertiary/aromatic N) is 3. The number of aliphatic carboxylic acids is 1. The van der Waals surface area contributed by atoms with E-state index in [1.54, 1.807) is 6.07 Å². The van der Waals surface area contributed by atoms with Crippen LogP contribution in [0.5, 0.6) is 0 Å². The fourth-order valence-electron chi connectivity index (χ4n) is 3.49. The molecule has 20 heavy (non-hydrogen) atoms. The predicted octanol–water partition coefficient (Wildman–Crippen LogP) is 1.68. The van der Waals surface area contributed by atoms with Gasteiger partial charge in [0.1, 0.15) is 12.0 Å². The number of hydrogen-bond donors (Lipinski definition) is 1. The SMILES string of the molecule is O=C(O)[C@@]12CCC[C@H]1CN(c1ccc([N+](=O)[O-])cn1)C2. The Morgan fingerprint density at radius 3 is 2.90 bits per heavy atom. The number of rotatable bonds is 3. The van der Waals surface area contributed by atoms with Gasteiger partial charge in [-0.3, -0.25) is 14.9 Å². The number of fused-ring (bicyclic) bond motifs is 1. The van der Waals surface area contributed by atoms with Crippen LogP contribution in [0.1, 0.15) is 19.3 Å². The highest BCUT2D eigenvalue weighted by molar-refractivity contribution is 5.77. The van der Waals surface area contributed by atoms with Crippen molar-refractivity contribution in [3.8, 4) is 0 Å². The van der Waals surface area contributed by atoms with Gasteiger partial charge in [0, 0.05) is 19.2 Å². The molecule has 1 N–H and O–H groups in total. The van der Waals surface area contributed by atoms with Crippen LogP contribution in [0.4, 0.5) is 11.5 Å². The number of pyridine rings is 1. The van der Waals surface area contributed by atoms with Gasteiger partial charge in [-0.25, -0.2) is 4.98 Å². The maximum atomic E-state index is 11.6. The zero-order valence-corrected chi connectivity index (χ0v) is 10.9. The van der Waals surface area contributed by atoms with Crippen molar-refractivity contribution in [2.75, 3.05) is 18.0 Å². The molecule has 106 valence electrons. The molecule has 2 atom stereocenters. The number of aromatic nitrogens is 1. The number of carbonyl (C=O) groups is 1. The Labute approximate surface area is 115 Å². The second-order valence-corrected chi connectivity index (χ2v) is 5.56. The molecule has 1 saturated carbocycles. The van der Waals surface area contributed by atoms with E-state index in [2.05, 4.69) is 4.98 Å². The molecule has 1 aliphatic heterocycles. The van der Waals surface area contributed by atoms with Crippen LogP contribution in [0.15, 0.2) is 18.3 Å². The number of anilines is 1. The summed E-state index contributed by atoms with van der Waals surface area (Å²) in [6, 6.07) is 3.00. The molecule has 7 nitrogen and oxygen atoms in total. The molecule has 1 saturated heterocycles. The normalized spacial score (nSPS) is 28.4. The Morgan fingerprint density at radius 1 is 1.55 bits per heavy atom. The van der Waals surface area contributed by atoms with Crippen molar-refractivity contribution in [3.05, 3.63) is 28.4 Å². The fourth-order valence-corrected chi connectivity index (χ4v) is 3.49. The number of carboxylic acid groups (broad SMARTS) is 1. The summed E-state index contributed by atoms with van der Waals surface area (Å²) in [6.45, 7) is 1.11. The van der Waals surface area contributed by atoms with Crippen molar-refractivity contribution in [2.24, 2.45) is 11.3 Å². The monoisotopic (exact) mass is 277 g/mol. The Morgan fingerprint density at radius 2 is 2.35 bits per heavy atom. The standard InChI is InChI=1S/C13H15N3O4/c17-12(18)13-5-1-2-9(13)7-15(8-13)11-4-3-10(6-14-11)16(19)20/h3-4,6,9H,1-2,5,7-8H2,(H,17,18)/t9-,13+/m0/s1. The third kappa shape index (κ3) is 1.81. The second kappa shape index (κ2) is 4.43. The van der Waals surface area contributed by atoms with Crippen LogP contribution in [0, 0.1) is 21.4 Å². The Hall–Kier alpha value is -2.18. The summed E-state index contributed by atoms with van der Waals surface area (Å²) >= 11 is 0. The highest BCUT2D eigenvalue weighted by atomic mass is 16.6. The van der Waals surface area contributed by atoms with Crippen LogP contribution < -0.4 is 4.90 Å². The van der Waals surface area contributed by atoms with Gasteiger partial charge >= 0.3 is 5.97 Å². The van der Waals surface area contributed by atoms with E-state index < -0.39 is 16.3 Å². The topological polar surface area (TPSA) is 96.6 Å². The minimum absolute atomic E-state index is 0.0545. The first-order chi connectivity index (χ1) is 9.53. The fraction of sp³-hybridized carbons (Fsp3) is 0.538. The van der Waals surface area contributed by atoms with Crippen LogP contribution in [0.3, 0.4) is 0 Å². The second-order valence-electron chi connectivity index (χ2n) is 5.56. The molecule has 1 aromatic heterocycles. The molecule has 0 radical (unpaired) electrons. The lowest BCUT2D eigenvalue weighted by Crippen LogP contribution is -2.35. The third-order valence-corrected chi connectivity index (χ3v) is 4.56. The summed E-state index contributed by atoms with van der Waals surface area (Å²) in [6.07, 6.45) is 3.81. The van der Waals surface area contributed by atoms with Crippen LogP contribution in [-0.2, 0) is 4.79 Å². The lowest BCUT2D eigenvalue weighted by atomic mass is 9.81. The predicted molar refractivity (Wildman–Crippen MR) is 70.5 cm³/mol. The molecule has 2 fully saturated rings. The molecule has 0 aromatic carbocycles. The summed E-state index contributed by atoms with van der Waals surface area (Å²) in [5.74, 6) is 0.0343. The lowest BCUT2D eigenvalue weighted by Gasteiger charge is -2.23. The van der Waals surface area contributed by atoms with E-state index in [0.717, 1.165) is 12.8 Å². The lowest BCUT2D eigenvalue weighted by molar-refractivity contribution is -0.385. The van der Waals surface area contributed by atoms with Crippen molar-refractivity contribution in [3.63, 3.8) is 0 Å². The molecule has 0 bridgehead atoms. The molecule has 0 spiro atoms. The zero-order valence-electron chi connectivity index (χ0n) is 10.9. The molecule has 7 heteroatoms. The van der Waals surface area contributed by atoms with Gasteiger partial charge in [0.25, 0.3) is 5.69 Å². The summed E-state index contributed by atoms with van der Waals surface area (Å²) in [5, 5.41) is 20.1. The largest absolute Gasteiger partial charge is 0.481 e. The van der Waals surface area contributed by atoms with E-state index >= 15 is 0 Å². The first-order valence-electron chi connectivity index (χ1n) is 6.62. The van der Waals surface area contributed by atoms with Gasteiger partial charge in [0.15, 0.2) is 0 Å². The first-order valence-corrected chi connectivity index (χ1v) is 6.62. The number of nitro groups is 1. The highest BCUT2D eigenvalue weighted by Gasteiger charge is 2.55. The van der Waals surface area contributed by atoms with Gasteiger partial charge in [0.2, 0.25) is 0 Å². The molecule has 0 unspecified atom stereocenters. The van der Waals surface area contributed by atoms with Gasteiger partial charge in [-0.05, 0) is 24.8 Å². The van der Waals surface area contributed by atoms with E-state index in [1.165, 1.54) is 12.3 Å². The zero-order chi connectivity index (χ0) is 14.3. The average Bonchev–Trinajstić information content (AvgIpc) is 2.96. The summed E-state index contributed by atoms with van der Waals surface area (Å²) in [5.41, 5.74) is -0.718. The van der Waals surface area contributed by atoms with Gasteiger partial charge in [-0.2, -0.15) is 0 Å². The van der Waals surface area contributed by atoms with Crippen LogP contribution in [-0.4, -0.2) is 34.1 Å². The first kappa shape index (κ1) is 12.8. The van der Waals surface area contributed by atoms with Crippen molar-refractivity contribution >= 4 is 17.5 Å². The highest BCUT2D eigenvalue weighted by Crippen LogP contribution is 2.49. The quantitative estimate of drug-likeness (QED) is 0.667. The minimum Gasteiger partial charge on any atom is -0.481 e.